The molecule has 5 rings (SSSR count). The molecule has 1 aliphatic carbocycles. The second-order valence-electron chi connectivity index (χ2n) is 10.4. The first kappa shape index (κ1) is 30.8. The molecule has 8 nitrogen and oxygen atoms in total. The summed E-state index contributed by atoms with van der Waals surface area (Å²) < 4.78 is 5.37. The topological polar surface area (TPSA) is 142 Å². The van der Waals surface area contributed by atoms with Crippen LogP contribution in [0, 0.1) is 29.6 Å². The fraction of sp³-hybridized carbons (Fsp3) is 0.265. The Labute approximate surface area is 264 Å². The number of nitrogen functional groups attached to an aromatic ring is 1. The number of nitrogens with one attached hydrogen (secondary N) is 1. The molecule has 0 fully saturated rings. The number of benzene rings is 2. The van der Waals surface area contributed by atoms with E-state index in [0.717, 1.165) is 35.3 Å². The number of carbonyl (C=O) groups is 2. The smallest absolute Gasteiger partial charge is 0.341 e. The number of nitrogens with zero attached hydrogens (tertiary/aromatic N) is 3. The number of thiophene rings is 1. The summed E-state index contributed by atoms with van der Waals surface area (Å²) in [4.78, 5) is 31.6. The zero-order valence-electron chi connectivity index (χ0n) is 24.5. The second-order valence-corrected chi connectivity index (χ2v) is 12.6. The van der Waals surface area contributed by atoms with Gasteiger partial charge < -0.3 is 15.8 Å². The number of aryl methyl sites for hydroxylation is 1. The molecule has 2 aromatic carbocycles. The molecule has 2 aromatic heterocycles. The van der Waals surface area contributed by atoms with E-state index in [-0.39, 0.29) is 35.9 Å². The molecule has 3 N–H and O–H groups in total. The van der Waals surface area contributed by atoms with Crippen molar-refractivity contribution in [1.82, 2.24) is 4.98 Å². The monoisotopic (exact) mass is 621 g/mol. The molecule has 0 saturated heterocycles. The first-order valence-electron chi connectivity index (χ1n) is 14.3. The first-order valence-corrected chi connectivity index (χ1v) is 16.1. The highest BCUT2D eigenvalue weighted by Crippen LogP contribution is 2.43. The lowest BCUT2D eigenvalue weighted by molar-refractivity contribution is -0.115. The summed E-state index contributed by atoms with van der Waals surface area (Å²) in [6.07, 6.45) is 2.55. The van der Waals surface area contributed by atoms with Gasteiger partial charge in [0.1, 0.15) is 33.5 Å². The van der Waals surface area contributed by atoms with Gasteiger partial charge in [0.15, 0.2) is 0 Å². The van der Waals surface area contributed by atoms with E-state index in [1.54, 1.807) is 6.92 Å². The number of carbonyl (C=O) groups excluding carboxylic acids is 2. The van der Waals surface area contributed by atoms with Crippen LogP contribution in [-0.4, -0.2) is 29.2 Å². The molecule has 10 heteroatoms. The first-order chi connectivity index (χ1) is 21.3. The number of pyridine rings is 1. The third-order valence-electron chi connectivity index (χ3n) is 7.59. The van der Waals surface area contributed by atoms with Crippen LogP contribution in [0.3, 0.4) is 0 Å². The Hall–Kier alpha value is -4.64. The lowest BCUT2D eigenvalue weighted by Gasteiger charge is -2.23. The maximum atomic E-state index is 13.2. The third kappa shape index (κ3) is 6.47. The van der Waals surface area contributed by atoms with Crippen LogP contribution >= 0.6 is 23.1 Å². The molecule has 1 unspecified atom stereocenters. The highest BCUT2D eigenvalue weighted by atomic mass is 32.2. The van der Waals surface area contributed by atoms with Gasteiger partial charge in [-0.1, -0.05) is 60.2 Å². The third-order valence-corrected chi connectivity index (χ3v) is 9.74. The summed E-state index contributed by atoms with van der Waals surface area (Å²) in [5.74, 6) is 0.00435. The minimum Gasteiger partial charge on any atom is -0.462 e. The summed E-state index contributed by atoms with van der Waals surface area (Å²) in [7, 11) is 0. The summed E-state index contributed by atoms with van der Waals surface area (Å²) >= 11 is 2.67. The molecule has 1 atom stereocenters. The minimum absolute atomic E-state index is 0.0334. The maximum Gasteiger partial charge on any atom is 0.341 e. The summed E-state index contributed by atoms with van der Waals surface area (Å²) in [5.41, 5.74) is 11.4. The van der Waals surface area contributed by atoms with Crippen LogP contribution in [0.5, 0.6) is 0 Å². The molecular weight excluding hydrogens is 591 g/mol. The lowest BCUT2D eigenvalue weighted by Crippen LogP contribution is -2.17. The lowest BCUT2D eigenvalue weighted by atomic mass is 9.83. The molecule has 1 amide bonds. The molecule has 0 bridgehead atoms. The Morgan fingerprint density at radius 2 is 1.84 bits per heavy atom. The van der Waals surface area contributed by atoms with Crippen LogP contribution in [-0.2, 0) is 22.4 Å². The fourth-order valence-electron chi connectivity index (χ4n) is 5.44. The van der Waals surface area contributed by atoms with E-state index < -0.39 is 5.97 Å². The normalized spacial score (nSPS) is 13.8. The average Bonchev–Trinajstić information content (AvgIpc) is 3.38. The van der Waals surface area contributed by atoms with E-state index in [2.05, 4.69) is 34.6 Å². The van der Waals surface area contributed by atoms with Gasteiger partial charge in [0.25, 0.3) is 0 Å². The standard InChI is InChI=1S/C34H31N5O3S2/c1-3-42-34(41)30-24-14-13-23(21-7-5-4-6-8-21)17-27(24)44-33(30)38-28(40)15-16-43-32-26(19-36)29(25(18-35)31(37)39-32)22-11-9-20(2)10-12-22/h4-12,23H,3,13-17H2,1-2H3,(H2,37,39)(H,38,40). The highest BCUT2D eigenvalue weighted by Gasteiger charge is 2.31. The summed E-state index contributed by atoms with van der Waals surface area (Å²) in [6, 6.07) is 22.1. The van der Waals surface area contributed by atoms with Crippen molar-refractivity contribution in [2.75, 3.05) is 23.4 Å². The number of nitrogens with two attached hydrogens (primary N) is 1. The van der Waals surface area contributed by atoms with Crippen molar-refractivity contribution in [3.8, 4) is 23.3 Å². The van der Waals surface area contributed by atoms with Gasteiger partial charge in [-0.05, 0) is 55.7 Å². The van der Waals surface area contributed by atoms with Crippen LogP contribution in [0.15, 0.2) is 59.6 Å². The number of aromatic nitrogens is 1. The number of anilines is 2. The van der Waals surface area contributed by atoms with E-state index in [1.807, 2.05) is 49.4 Å². The number of fused-ring (bicyclic) bond motifs is 1. The quantitative estimate of drug-likeness (QED) is 0.150. The molecular formula is C34H31N5O3S2. The van der Waals surface area contributed by atoms with Crippen molar-refractivity contribution >= 4 is 45.8 Å². The average molecular weight is 622 g/mol. The number of amides is 1. The van der Waals surface area contributed by atoms with Crippen molar-refractivity contribution in [2.45, 2.75) is 50.5 Å². The summed E-state index contributed by atoms with van der Waals surface area (Å²) in [6.45, 7) is 3.96. The van der Waals surface area contributed by atoms with E-state index in [0.29, 0.717) is 38.4 Å². The predicted octanol–water partition coefficient (Wildman–Crippen LogP) is 7.01. The maximum absolute atomic E-state index is 13.2. The second kappa shape index (κ2) is 13.8. The minimum atomic E-state index is -0.424. The van der Waals surface area contributed by atoms with E-state index >= 15 is 0 Å². The van der Waals surface area contributed by atoms with Crippen LogP contribution in [0.1, 0.15) is 68.7 Å². The van der Waals surface area contributed by atoms with Gasteiger partial charge in [-0.3, -0.25) is 4.79 Å². The Morgan fingerprint density at radius 3 is 2.52 bits per heavy atom. The van der Waals surface area contributed by atoms with Crippen molar-refractivity contribution < 1.29 is 14.3 Å². The Morgan fingerprint density at radius 1 is 1.11 bits per heavy atom. The predicted molar refractivity (Wildman–Crippen MR) is 174 cm³/mol. The van der Waals surface area contributed by atoms with E-state index in [1.165, 1.54) is 28.7 Å². The molecule has 4 aromatic rings. The van der Waals surface area contributed by atoms with Crippen LogP contribution < -0.4 is 11.1 Å². The Balaban J connectivity index is 1.33. The number of nitriles is 2. The number of hydrogen-bond acceptors (Lipinski definition) is 9. The van der Waals surface area contributed by atoms with Crippen LogP contribution in [0.2, 0.25) is 0 Å². The SMILES string of the molecule is CCOC(=O)c1c(NC(=O)CCSc2nc(N)c(C#N)c(-c3ccc(C)cc3)c2C#N)sc2c1CCC(c1ccccc1)C2. The van der Waals surface area contributed by atoms with Gasteiger partial charge in [0.05, 0.1) is 17.7 Å². The van der Waals surface area contributed by atoms with Crippen molar-refractivity contribution in [1.29, 1.82) is 10.5 Å². The van der Waals surface area contributed by atoms with Gasteiger partial charge in [-0.2, -0.15) is 10.5 Å². The number of ether oxygens (including phenoxy) is 1. The molecule has 0 saturated carbocycles. The largest absolute Gasteiger partial charge is 0.462 e. The van der Waals surface area contributed by atoms with Crippen LogP contribution in [0.4, 0.5) is 10.8 Å². The number of hydrogen-bond donors (Lipinski definition) is 2. The van der Waals surface area contributed by atoms with Gasteiger partial charge in [-0.25, -0.2) is 9.78 Å². The van der Waals surface area contributed by atoms with E-state index in [4.69, 9.17) is 10.5 Å². The number of thioether (sulfide) groups is 1. The number of esters is 1. The van der Waals surface area contributed by atoms with Crippen LogP contribution in [0.25, 0.3) is 11.1 Å². The molecule has 2 heterocycles. The van der Waals surface area contributed by atoms with E-state index in [9.17, 15) is 20.1 Å². The molecule has 222 valence electrons. The Kier molecular flexibility index (Phi) is 9.64. The Bertz CT molecular complexity index is 1790. The molecule has 44 heavy (non-hydrogen) atoms. The van der Waals surface area contributed by atoms with Crippen molar-refractivity contribution in [3.63, 3.8) is 0 Å². The molecule has 0 radical (unpaired) electrons. The summed E-state index contributed by atoms with van der Waals surface area (Å²) in [5, 5.41) is 23.7. The zero-order chi connectivity index (χ0) is 31.2. The van der Waals surface area contributed by atoms with Gasteiger partial charge in [0.2, 0.25) is 5.91 Å². The molecule has 0 spiro atoms. The zero-order valence-corrected chi connectivity index (χ0v) is 26.1. The molecule has 1 aliphatic rings. The highest BCUT2D eigenvalue weighted by molar-refractivity contribution is 7.99. The molecule has 0 aliphatic heterocycles. The number of rotatable bonds is 9. The van der Waals surface area contributed by atoms with Gasteiger partial charge in [0, 0.05) is 22.6 Å². The van der Waals surface area contributed by atoms with Gasteiger partial charge >= 0.3 is 5.97 Å². The van der Waals surface area contributed by atoms with Crippen molar-refractivity contribution in [3.05, 3.63) is 92.9 Å². The van der Waals surface area contributed by atoms with Crippen molar-refractivity contribution in [2.24, 2.45) is 0 Å². The fourth-order valence-corrected chi connectivity index (χ4v) is 7.71. The van der Waals surface area contributed by atoms with Gasteiger partial charge in [-0.15, -0.1) is 23.1 Å².